The molecule has 0 aromatic heterocycles. The number of benzene rings is 2. The van der Waals surface area contributed by atoms with Gasteiger partial charge in [0, 0.05) is 12.2 Å². The lowest BCUT2D eigenvalue weighted by molar-refractivity contribution is 1.05. The van der Waals surface area contributed by atoms with Crippen LogP contribution in [0.15, 0.2) is 42.5 Å². The average molecular weight is 293 g/mol. The Hall–Kier alpha value is -2.02. The third-order valence-corrected chi connectivity index (χ3v) is 4.04. The topological polar surface area (TPSA) is 12.0 Å². The summed E-state index contributed by atoms with van der Waals surface area (Å²) in [4.78, 5) is 0. The van der Waals surface area contributed by atoms with E-state index in [1.165, 1.54) is 33.5 Å². The highest BCUT2D eigenvalue weighted by atomic mass is 14.9. The smallest absolute Gasteiger partial charge is 0.0413 e. The summed E-state index contributed by atoms with van der Waals surface area (Å²) >= 11 is 0. The third kappa shape index (κ3) is 4.00. The number of hydrogen-bond acceptors (Lipinski definition) is 1. The maximum absolute atomic E-state index is 3.41. The molecule has 2 rings (SSSR count). The van der Waals surface area contributed by atoms with Crippen LogP contribution in [0.2, 0.25) is 0 Å². The Morgan fingerprint density at radius 2 is 1.82 bits per heavy atom. The molecule has 2 aromatic rings. The Bertz CT molecular complexity index is 653. The van der Waals surface area contributed by atoms with Gasteiger partial charge in [0.2, 0.25) is 0 Å². The first-order valence-corrected chi connectivity index (χ1v) is 8.24. The Balaban J connectivity index is 2.20. The number of anilines is 1. The van der Waals surface area contributed by atoms with Crippen LogP contribution in [0.3, 0.4) is 0 Å². The summed E-state index contributed by atoms with van der Waals surface area (Å²) in [5, 5.41) is 3.41. The van der Waals surface area contributed by atoms with E-state index in [2.05, 4.69) is 81.6 Å². The van der Waals surface area contributed by atoms with Crippen molar-refractivity contribution in [1.82, 2.24) is 0 Å². The minimum Gasteiger partial charge on any atom is -0.385 e. The zero-order chi connectivity index (χ0) is 15.9. The Morgan fingerprint density at radius 3 is 2.55 bits per heavy atom. The molecule has 0 spiro atoms. The highest BCUT2D eigenvalue weighted by molar-refractivity contribution is 5.66. The SMILES string of the molecule is CCNc1ccccc1/C=C\Cc1c(C)cc(C)cc1CC. The Kier molecular flexibility index (Phi) is 5.83. The predicted octanol–water partition coefficient (Wildman–Crippen LogP) is 5.55. The van der Waals surface area contributed by atoms with Crippen molar-refractivity contribution in [3.05, 3.63) is 70.3 Å². The molecular formula is C21H27N. The lowest BCUT2D eigenvalue weighted by atomic mass is 9.94. The molecule has 0 saturated heterocycles. The second-order valence-electron chi connectivity index (χ2n) is 5.80. The maximum Gasteiger partial charge on any atom is 0.0413 e. The summed E-state index contributed by atoms with van der Waals surface area (Å²) in [6, 6.07) is 13.1. The lowest BCUT2D eigenvalue weighted by Crippen LogP contribution is -1.98. The normalized spacial score (nSPS) is 11.1. The number of aryl methyl sites for hydroxylation is 3. The average Bonchev–Trinajstić information content (AvgIpc) is 2.50. The molecule has 2 aromatic carbocycles. The van der Waals surface area contributed by atoms with Gasteiger partial charge in [-0.15, -0.1) is 0 Å². The fraction of sp³-hybridized carbons (Fsp3) is 0.333. The minimum atomic E-state index is 0.946. The molecule has 0 saturated carbocycles. The van der Waals surface area contributed by atoms with Gasteiger partial charge >= 0.3 is 0 Å². The zero-order valence-corrected chi connectivity index (χ0v) is 14.2. The van der Waals surface area contributed by atoms with E-state index < -0.39 is 0 Å². The van der Waals surface area contributed by atoms with Crippen molar-refractivity contribution in [1.29, 1.82) is 0 Å². The molecule has 0 aliphatic heterocycles. The van der Waals surface area contributed by atoms with Crippen LogP contribution in [0.4, 0.5) is 5.69 Å². The third-order valence-electron chi connectivity index (χ3n) is 4.04. The number of rotatable bonds is 6. The summed E-state index contributed by atoms with van der Waals surface area (Å²) in [7, 11) is 0. The number of para-hydroxylation sites is 1. The fourth-order valence-corrected chi connectivity index (χ4v) is 2.99. The minimum absolute atomic E-state index is 0.946. The standard InChI is InChI=1S/C21H27N/c1-5-18-15-16(3)14-17(4)20(18)12-9-11-19-10-7-8-13-21(19)22-6-2/h7-11,13-15,22H,5-6,12H2,1-4H3/b11-9-. The van der Waals surface area contributed by atoms with Crippen molar-refractivity contribution >= 4 is 11.8 Å². The number of hydrogen-bond donors (Lipinski definition) is 1. The second-order valence-corrected chi connectivity index (χ2v) is 5.80. The summed E-state index contributed by atoms with van der Waals surface area (Å²) in [5.41, 5.74) is 8.18. The van der Waals surface area contributed by atoms with Crippen LogP contribution in [0.1, 0.15) is 41.7 Å². The monoisotopic (exact) mass is 293 g/mol. The first-order chi connectivity index (χ1) is 10.7. The van der Waals surface area contributed by atoms with Gasteiger partial charge in [-0.05, 0) is 61.9 Å². The Labute approximate surface area is 135 Å². The Morgan fingerprint density at radius 1 is 1.05 bits per heavy atom. The summed E-state index contributed by atoms with van der Waals surface area (Å²) < 4.78 is 0. The van der Waals surface area contributed by atoms with Crippen molar-refractivity contribution in [2.24, 2.45) is 0 Å². The lowest BCUT2D eigenvalue weighted by Gasteiger charge is -2.11. The molecule has 1 N–H and O–H groups in total. The van der Waals surface area contributed by atoms with Gasteiger partial charge in [0.05, 0.1) is 0 Å². The first kappa shape index (κ1) is 16.4. The highest BCUT2D eigenvalue weighted by Crippen LogP contribution is 2.21. The van der Waals surface area contributed by atoms with E-state index in [1.807, 2.05) is 0 Å². The molecular weight excluding hydrogens is 266 g/mol. The molecule has 116 valence electrons. The van der Waals surface area contributed by atoms with Crippen molar-refractivity contribution in [2.45, 2.75) is 40.5 Å². The van der Waals surface area contributed by atoms with Gasteiger partial charge in [0.25, 0.3) is 0 Å². The first-order valence-electron chi connectivity index (χ1n) is 8.24. The molecule has 1 nitrogen and oxygen atoms in total. The largest absolute Gasteiger partial charge is 0.385 e. The molecule has 0 bridgehead atoms. The summed E-state index contributed by atoms with van der Waals surface area (Å²) in [6.07, 6.45) is 6.61. The number of nitrogens with one attached hydrogen (secondary N) is 1. The van der Waals surface area contributed by atoms with Gasteiger partial charge in [-0.1, -0.05) is 55.0 Å². The zero-order valence-electron chi connectivity index (χ0n) is 14.2. The van der Waals surface area contributed by atoms with E-state index in [-0.39, 0.29) is 0 Å². The van der Waals surface area contributed by atoms with Crippen LogP contribution >= 0.6 is 0 Å². The van der Waals surface area contributed by atoms with Gasteiger partial charge in [-0.3, -0.25) is 0 Å². The van der Waals surface area contributed by atoms with Crippen LogP contribution < -0.4 is 5.32 Å². The van der Waals surface area contributed by atoms with E-state index in [9.17, 15) is 0 Å². The van der Waals surface area contributed by atoms with E-state index >= 15 is 0 Å². The molecule has 0 unspecified atom stereocenters. The fourth-order valence-electron chi connectivity index (χ4n) is 2.99. The van der Waals surface area contributed by atoms with Gasteiger partial charge in [-0.25, -0.2) is 0 Å². The van der Waals surface area contributed by atoms with Crippen LogP contribution in [0, 0.1) is 13.8 Å². The quantitative estimate of drug-likeness (QED) is 0.736. The van der Waals surface area contributed by atoms with E-state index in [0.29, 0.717) is 0 Å². The van der Waals surface area contributed by atoms with Gasteiger partial charge in [0.15, 0.2) is 0 Å². The van der Waals surface area contributed by atoms with E-state index in [4.69, 9.17) is 0 Å². The summed E-state index contributed by atoms with van der Waals surface area (Å²) in [5.74, 6) is 0. The maximum atomic E-state index is 3.41. The molecule has 0 atom stereocenters. The molecule has 0 aliphatic rings. The van der Waals surface area contributed by atoms with Crippen LogP contribution in [-0.2, 0) is 12.8 Å². The highest BCUT2D eigenvalue weighted by Gasteiger charge is 2.04. The molecule has 0 amide bonds. The molecule has 0 heterocycles. The van der Waals surface area contributed by atoms with Crippen molar-refractivity contribution in [2.75, 3.05) is 11.9 Å². The van der Waals surface area contributed by atoms with Crippen LogP contribution in [-0.4, -0.2) is 6.54 Å². The molecule has 0 fully saturated rings. The second kappa shape index (κ2) is 7.84. The van der Waals surface area contributed by atoms with Gasteiger partial charge < -0.3 is 5.32 Å². The van der Waals surface area contributed by atoms with Crippen molar-refractivity contribution in [3.63, 3.8) is 0 Å². The van der Waals surface area contributed by atoms with E-state index in [1.54, 1.807) is 0 Å². The predicted molar refractivity (Wildman–Crippen MR) is 98.6 cm³/mol. The van der Waals surface area contributed by atoms with Crippen LogP contribution in [0.5, 0.6) is 0 Å². The number of allylic oxidation sites excluding steroid dienone is 1. The molecule has 0 radical (unpaired) electrons. The van der Waals surface area contributed by atoms with Gasteiger partial charge in [-0.2, -0.15) is 0 Å². The molecule has 22 heavy (non-hydrogen) atoms. The van der Waals surface area contributed by atoms with Gasteiger partial charge in [0.1, 0.15) is 0 Å². The van der Waals surface area contributed by atoms with Crippen molar-refractivity contribution < 1.29 is 0 Å². The molecule has 0 aliphatic carbocycles. The summed E-state index contributed by atoms with van der Waals surface area (Å²) in [6.45, 7) is 9.72. The molecule has 1 heteroatoms. The van der Waals surface area contributed by atoms with Crippen molar-refractivity contribution in [3.8, 4) is 0 Å². The van der Waals surface area contributed by atoms with E-state index in [0.717, 1.165) is 19.4 Å². The van der Waals surface area contributed by atoms with Crippen LogP contribution in [0.25, 0.3) is 6.08 Å².